The van der Waals surface area contributed by atoms with Gasteiger partial charge < -0.3 is 14.8 Å². The number of hydrogen-bond acceptors (Lipinski definition) is 3. The summed E-state index contributed by atoms with van der Waals surface area (Å²) in [5.41, 5.74) is 1.37. The highest BCUT2D eigenvalue weighted by Gasteiger charge is 2.17. The lowest BCUT2D eigenvalue weighted by Gasteiger charge is -2.24. The molecule has 1 aliphatic rings. The summed E-state index contributed by atoms with van der Waals surface area (Å²) in [6.45, 7) is 3.42. The van der Waals surface area contributed by atoms with Crippen LogP contribution in [-0.4, -0.2) is 41.6 Å². The van der Waals surface area contributed by atoms with Crippen LogP contribution in [-0.2, 0) is 6.54 Å². The van der Waals surface area contributed by atoms with E-state index in [1.807, 2.05) is 12.5 Å². The zero-order valence-electron chi connectivity index (χ0n) is 11.7. The van der Waals surface area contributed by atoms with Gasteiger partial charge in [-0.2, -0.15) is 0 Å². The molecule has 0 aliphatic carbocycles. The fourth-order valence-corrected chi connectivity index (χ4v) is 2.62. The van der Waals surface area contributed by atoms with E-state index >= 15 is 0 Å². The molecule has 1 atom stereocenters. The van der Waals surface area contributed by atoms with Gasteiger partial charge in [0, 0.05) is 18.8 Å². The van der Waals surface area contributed by atoms with E-state index in [1.165, 1.54) is 44.3 Å². The highest BCUT2D eigenvalue weighted by atomic mass is 15.1. The fourth-order valence-electron chi connectivity index (χ4n) is 2.62. The number of unbranched alkanes of at least 4 members (excludes halogenated alkanes) is 1. The number of nitrogens with one attached hydrogen (secondary N) is 1. The Labute approximate surface area is 110 Å². The molecule has 4 heteroatoms. The average Bonchev–Trinajstić information content (AvgIpc) is 2.84. The lowest BCUT2D eigenvalue weighted by atomic mass is 10.0. The summed E-state index contributed by atoms with van der Waals surface area (Å²) in [5.74, 6) is 0. The normalized spacial score (nSPS) is 20.5. The molecule has 2 heterocycles. The van der Waals surface area contributed by atoms with Crippen molar-refractivity contribution in [1.29, 1.82) is 0 Å². The number of piperidine rings is 1. The maximum atomic E-state index is 4.32. The van der Waals surface area contributed by atoms with E-state index in [2.05, 4.69) is 33.9 Å². The Morgan fingerprint density at radius 1 is 1.39 bits per heavy atom. The topological polar surface area (TPSA) is 33.1 Å². The Balaban J connectivity index is 1.83. The molecule has 1 N–H and O–H groups in total. The first-order valence-corrected chi connectivity index (χ1v) is 7.15. The van der Waals surface area contributed by atoms with Gasteiger partial charge in [-0.25, -0.2) is 4.98 Å². The van der Waals surface area contributed by atoms with Crippen LogP contribution in [0.15, 0.2) is 12.5 Å². The van der Waals surface area contributed by atoms with Crippen molar-refractivity contribution in [2.75, 3.05) is 27.2 Å². The molecule has 0 radical (unpaired) electrons. The summed E-state index contributed by atoms with van der Waals surface area (Å²) in [7, 11) is 4.27. The van der Waals surface area contributed by atoms with Crippen LogP contribution in [0, 0.1) is 0 Å². The van der Waals surface area contributed by atoms with Crippen LogP contribution in [0.2, 0.25) is 0 Å². The second-order valence-corrected chi connectivity index (χ2v) is 5.52. The molecule has 2 rings (SSSR count). The summed E-state index contributed by atoms with van der Waals surface area (Å²) in [4.78, 5) is 6.57. The zero-order chi connectivity index (χ0) is 12.8. The molecule has 1 unspecified atom stereocenters. The highest BCUT2D eigenvalue weighted by molar-refractivity contribution is 5.06. The van der Waals surface area contributed by atoms with Gasteiger partial charge in [0.2, 0.25) is 0 Å². The van der Waals surface area contributed by atoms with Crippen LogP contribution in [0.4, 0.5) is 0 Å². The van der Waals surface area contributed by atoms with Crippen molar-refractivity contribution in [2.24, 2.45) is 0 Å². The van der Waals surface area contributed by atoms with Crippen LogP contribution >= 0.6 is 0 Å². The molecule has 1 saturated heterocycles. The van der Waals surface area contributed by atoms with Gasteiger partial charge in [-0.3, -0.25) is 0 Å². The van der Waals surface area contributed by atoms with E-state index in [0.717, 1.165) is 13.1 Å². The molecule has 1 aromatic rings. The summed E-state index contributed by atoms with van der Waals surface area (Å²) >= 11 is 0. The number of imidazole rings is 1. The monoisotopic (exact) mass is 250 g/mol. The minimum Gasteiger partial charge on any atom is -0.333 e. The minimum atomic E-state index is 0.523. The quantitative estimate of drug-likeness (QED) is 0.784. The van der Waals surface area contributed by atoms with Gasteiger partial charge in [0.1, 0.15) is 0 Å². The average molecular weight is 250 g/mol. The molecule has 0 bridgehead atoms. The van der Waals surface area contributed by atoms with Crippen LogP contribution < -0.4 is 5.32 Å². The number of aromatic nitrogens is 2. The van der Waals surface area contributed by atoms with Crippen LogP contribution in [0.3, 0.4) is 0 Å². The van der Waals surface area contributed by atoms with Crippen LogP contribution in [0.5, 0.6) is 0 Å². The van der Waals surface area contributed by atoms with Crippen molar-refractivity contribution >= 4 is 0 Å². The van der Waals surface area contributed by atoms with Gasteiger partial charge >= 0.3 is 0 Å². The Morgan fingerprint density at radius 2 is 2.28 bits per heavy atom. The van der Waals surface area contributed by atoms with Crippen molar-refractivity contribution in [2.45, 2.75) is 44.7 Å². The second kappa shape index (κ2) is 6.90. The van der Waals surface area contributed by atoms with E-state index in [9.17, 15) is 0 Å². The molecule has 4 nitrogen and oxygen atoms in total. The Morgan fingerprint density at radius 3 is 3.00 bits per heavy atom. The second-order valence-electron chi connectivity index (χ2n) is 5.52. The predicted molar refractivity (Wildman–Crippen MR) is 74.6 cm³/mol. The van der Waals surface area contributed by atoms with Crippen molar-refractivity contribution < 1.29 is 0 Å². The van der Waals surface area contributed by atoms with Crippen molar-refractivity contribution in [3.63, 3.8) is 0 Å². The number of nitrogens with zero attached hydrogens (tertiary/aromatic N) is 3. The third-order valence-electron chi connectivity index (χ3n) is 3.67. The van der Waals surface area contributed by atoms with Gasteiger partial charge in [0.15, 0.2) is 0 Å². The first-order valence-electron chi connectivity index (χ1n) is 7.15. The lowest BCUT2D eigenvalue weighted by molar-refractivity contribution is 0.375. The van der Waals surface area contributed by atoms with Crippen LogP contribution in [0.1, 0.15) is 43.8 Å². The van der Waals surface area contributed by atoms with Crippen molar-refractivity contribution in [3.8, 4) is 0 Å². The van der Waals surface area contributed by atoms with Crippen LogP contribution in [0.25, 0.3) is 0 Å². The summed E-state index contributed by atoms with van der Waals surface area (Å²) in [6.07, 6.45) is 10.4. The molecular weight excluding hydrogens is 224 g/mol. The lowest BCUT2D eigenvalue weighted by Crippen LogP contribution is -2.28. The Bertz CT molecular complexity index is 339. The standard InChI is InChI=1S/C14H26N4/c1-17(2)9-5-6-10-18-12-15-11-14(18)13-7-3-4-8-16-13/h11-13,16H,3-10H2,1-2H3. The van der Waals surface area contributed by atoms with E-state index < -0.39 is 0 Å². The molecule has 1 aliphatic heterocycles. The molecular formula is C14H26N4. The van der Waals surface area contributed by atoms with Gasteiger partial charge in [0.05, 0.1) is 12.0 Å². The molecule has 0 aromatic carbocycles. The number of hydrogen-bond donors (Lipinski definition) is 1. The van der Waals surface area contributed by atoms with Gasteiger partial charge in [-0.05, 0) is 52.9 Å². The van der Waals surface area contributed by atoms with Gasteiger partial charge in [-0.1, -0.05) is 6.42 Å². The Hall–Kier alpha value is -0.870. The maximum Gasteiger partial charge on any atom is 0.0948 e. The molecule has 1 aromatic heterocycles. The number of aryl methyl sites for hydroxylation is 1. The van der Waals surface area contributed by atoms with Crippen molar-refractivity contribution in [1.82, 2.24) is 19.8 Å². The first kappa shape index (κ1) is 13.6. The Kier molecular flexibility index (Phi) is 5.20. The summed E-state index contributed by atoms with van der Waals surface area (Å²) in [6, 6.07) is 0.523. The summed E-state index contributed by atoms with van der Waals surface area (Å²) in [5, 5.41) is 3.60. The third-order valence-corrected chi connectivity index (χ3v) is 3.67. The van der Waals surface area contributed by atoms with E-state index in [0.29, 0.717) is 6.04 Å². The molecule has 0 saturated carbocycles. The van der Waals surface area contributed by atoms with E-state index in [-0.39, 0.29) is 0 Å². The van der Waals surface area contributed by atoms with E-state index in [1.54, 1.807) is 0 Å². The number of rotatable bonds is 6. The fraction of sp³-hybridized carbons (Fsp3) is 0.786. The molecule has 18 heavy (non-hydrogen) atoms. The SMILES string of the molecule is CN(C)CCCCn1cncc1C1CCCCN1. The zero-order valence-corrected chi connectivity index (χ0v) is 11.7. The van der Waals surface area contributed by atoms with Gasteiger partial charge in [0.25, 0.3) is 0 Å². The van der Waals surface area contributed by atoms with Gasteiger partial charge in [-0.15, -0.1) is 0 Å². The molecule has 1 fully saturated rings. The minimum absolute atomic E-state index is 0.523. The van der Waals surface area contributed by atoms with Crippen molar-refractivity contribution in [3.05, 3.63) is 18.2 Å². The molecule has 102 valence electrons. The smallest absolute Gasteiger partial charge is 0.0948 e. The first-order chi connectivity index (χ1) is 8.77. The predicted octanol–water partition coefficient (Wildman–Crippen LogP) is 2.04. The molecule has 0 spiro atoms. The molecule has 0 amide bonds. The van der Waals surface area contributed by atoms with E-state index in [4.69, 9.17) is 0 Å². The third kappa shape index (κ3) is 3.82. The maximum absolute atomic E-state index is 4.32. The largest absolute Gasteiger partial charge is 0.333 e. The summed E-state index contributed by atoms with van der Waals surface area (Å²) < 4.78 is 2.33. The highest BCUT2D eigenvalue weighted by Crippen LogP contribution is 2.22.